The molecule has 0 saturated carbocycles. The summed E-state index contributed by atoms with van der Waals surface area (Å²) < 4.78 is 11.1. The number of rotatable bonds is 4. The zero-order chi connectivity index (χ0) is 12.3. The predicted molar refractivity (Wildman–Crippen MR) is 62.9 cm³/mol. The van der Waals surface area contributed by atoms with Crippen molar-refractivity contribution in [1.29, 1.82) is 0 Å². The molecule has 2 rings (SSSR count). The van der Waals surface area contributed by atoms with Gasteiger partial charge in [-0.1, -0.05) is 5.16 Å². The Bertz CT molecular complexity index is 539. The van der Waals surface area contributed by atoms with Gasteiger partial charge in [0.1, 0.15) is 12.0 Å². The van der Waals surface area contributed by atoms with Gasteiger partial charge in [0.2, 0.25) is 0 Å². The van der Waals surface area contributed by atoms with Crippen LogP contribution in [0.3, 0.4) is 0 Å². The van der Waals surface area contributed by atoms with Gasteiger partial charge in [0.15, 0.2) is 12.4 Å². The minimum absolute atomic E-state index is 0.194. The van der Waals surface area contributed by atoms with E-state index < -0.39 is 0 Å². The summed E-state index contributed by atoms with van der Waals surface area (Å²) in [7, 11) is 0. The van der Waals surface area contributed by atoms with Crippen LogP contribution in [0.15, 0.2) is 27.2 Å². The lowest BCUT2D eigenvalue weighted by atomic mass is 10.2. The van der Waals surface area contributed by atoms with Crippen molar-refractivity contribution in [2.45, 2.75) is 13.5 Å². The summed E-state index contributed by atoms with van der Waals surface area (Å²) in [5.74, 6) is 1.60. The number of ether oxygens (including phenoxy) is 1. The first-order chi connectivity index (χ1) is 8.19. The molecular weight excluding hydrogens is 288 g/mol. The smallest absolute Gasteiger partial charge is 0.264 e. The SMILES string of the molecule is Cc1noc(COc2ccc(C=O)cc2Br)n1. The first-order valence-corrected chi connectivity index (χ1v) is 5.65. The molecule has 0 bridgehead atoms. The molecule has 0 atom stereocenters. The molecule has 0 spiro atoms. The molecule has 17 heavy (non-hydrogen) atoms. The molecule has 5 nitrogen and oxygen atoms in total. The molecule has 6 heteroatoms. The first kappa shape index (κ1) is 11.8. The van der Waals surface area contributed by atoms with E-state index in [-0.39, 0.29) is 6.61 Å². The van der Waals surface area contributed by atoms with E-state index in [1.165, 1.54) is 0 Å². The fourth-order valence-corrected chi connectivity index (χ4v) is 1.76. The number of carbonyl (C=O) groups excluding carboxylic acids is 1. The largest absolute Gasteiger partial charge is 0.483 e. The highest BCUT2D eigenvalue weighted by Crippen LogP contribution is 2.26. The quantitative estimate of drug-likeness (QED) is 0.811. The van der Waals surface area contributed by atoms with Gasteiger partial charge in [0, 0.05) is 5.56 Å². The predicted octanol–water partition coefficient (Wildman–Crippen LogP) is 2.53. The van der Waals surface area contributed by atoms with Crippen molar-refractivity contribution in [1.82, 2.24) is 10.1 Å². The maximum absolute atomic E-state index is 10.6. The van der Waals surface area contributed by atoms with Crippen LogP contribution in [0.1, 0.15) is 22.1 Å². The van der Waals surface area contributed by atoms with E-state index in [4.69, 9.17) is 9.26 Å². The molecule has 0 aliphatic rings. The van der Waals surface area contributed by atoms with Crippen LogP contribution in [0.5, 0.6) is 5.75 Å². The molecule has 1 aromatic heterocycles. The second-order valence-corrected chi connectivity index (χ2v) is 4.19. The number of halogens is 1. The third-order valence-electron chi connectivity index (χ3n) is 2.01. The molecule has 88 valence electrons. The summed E-state index contributed by atoms with van der Waals surface area (Å²) >= 11 is 3.32. The van der Waals surface area contributed by atoms with E-state index in [1.807, 2.05) is 0 Å². The topological polar surface area (TPSA) is 65.2 Å². The maximum atomic E-state index is 10.6. The van der Waals surface area contributed by atoms with Crippen LogP contribution < -0.4 is 4.74 Å². The highest BCUT2D eigenvalue weighted by molar-refractivity contribution is 9.10. The third-order valence-corrected chi connectivity index (χ3v) is 2.63. The van der Waals surface area contributed by atoms with Gasteiger partial charge in [-0.3, -0.25) is 4.79 Å². The molecule has 0 radical (unpaired) electrons. The maximum Gasteiger partial charge on any atom is 0.264 e. The second-order valence-electron chi connectivity index (χ2n) is 3.33. The van der Waals surface area contributed by atoms with Crippen molar-refractivity contribution in [2.24, 2.45) is 0 Å². The van der Waals surface area contributed by atoms with E-state index in [0.29, 0.717) is 27.5 Å². The second kappa shape index (κ2) is 5.09. The summed E-state index contributed by atoms with van der Waals surface area (Å²) in [4.78, 5) is 14.6. The Hall–Kier alpha value is -1.69. The molecule has 0 aliphatic heterocycles. The van der Waals surface area contributed by atoms with Crippen LogP contribution in [-0.4, -0.2) is 16.4 Å². The van der Waals surface area contributed by atoms with Gasteiger partial charge in [-0.05, 0) is 41.1 Å². The first-order valence-electron chi connectivity index (χ1n) is 4.86. The van der Waals surface area contributed by atoms with Crippen molar-refractivity contribution in [3.63, 3.8) is 0 Å². The lowest BCUT2D eigenvalue weighted by Crippen LogP contribution is -1.97. The molecule has 1 aromatic carbocycles. The van der Waals surface area contributed by atoms with Crippen molar-refractivity contribution < 1.29 is 14.1 Å². The number of aromatic nitrogens is 2. The Kier molecular flexibility index (Phi) is 3.53. The third kappa shape index (κ3) is 2.91. The monoisotopic (exact) mass is 296 g/mol. The Balaban J connectivity index is 2.06. The number of benzene rings is 1. The number of carbonyl (C=O) groups is 1. The molecular formula is C11H9BrN2O3. The molecule has 0 unspecified atom stereocenters. The Morgan fingerprint density at radius 2 is 2.35 bits per heavy atom. The van der Waals surface area contributed by atoms with Crippen LogP contribution >= 0.6 is 15.9 Å². The van der Waals surface area contributed by atoms with Gasteiger partial charge < -0.3 is 9.26 Å². The van der Waals surface area contributed by atoms with Gasteiger partial charge in [-0.25, -0.2) is 0 Å². The molecule has 0 fully saturated rings. The van der Waals surface area contributed by atoms with Crippen LogP contribution in [0.4, 0.5) is 0 Å². The number of nitrogens with zero attached hydrogens (tertiary/aromatic N) is 2. The van der Waals surface area contributed by atoms with Gasteiger partial charge in [0.25, 0.3) is 5.89 Å². The molecule has 1 heterocycles. The van der Waals surface area contributed by atoms with Crippen LogP contribution in [0.2, 0.25) is 0 Å². The summed E-state index contributed by atoms with van der Waals surface area (Å²) in [5.41, 5.74) is 0.581. The highest BCUT2D eigenvalue weighted by atomic mass is 79.9. The van der Waals surface area contributed by atoms with E-state index in [9.17, 15) is 4.79 Å². The minimum atomic E-state index is 0.194. The van der Waals surface area contributed by atoms with Crippen molar-refractivity contribution in [2.75, 3.05) is 0 Å². The summed E-state index contributed by atoms with van der Waals surface area (Å²) in [6.07, 6.45) is 0.774. The van der Waals surface area contributed by atoms with Crippen LogP contribution in [0, 0.1) is 6.92 Å². The van der Waals surface area contributed by atoms with Crippen LogP contribution in [0.25, 0.3) is 0 Å². The lowest BCUT2D eigenvalue weighted by Gasteiger charge is -2.05. The fourth-order valence-electron chi connectivity index (χ4n) is 1.25. The standard InChI is InChI=1S/C11H9BrN2O3/c1-7-13-11(17-14-7)6-16-10-3-2-8(5-15)4-9(10)12/h2-5H,6H2,1H3. The highest BCUT2D eigenvalue weighted by Gasteiger charge is 2.06. The van der Waals surface area contributed by atoms with Gasteiger partial charge in [-0.2, -0.15) is 4.98 Å². The van der Waals surface area contributed by atoms with Crippen molar-refractivity contribution in [3.05, 3.63) is 40.0 Å². The minimum Gasteiger partial charge on any atom is -0.483 e. The zero-order valence-electron chi connectivity index (χ0n) is 9.01. The van der Waals surface area contributed by atoms with E-state index in [2.05, 4.69) is 26.1 Å². The van der Waals surface area contributed by atoms with Crippen LogP contribution in [-0.2, 0) is 6.61 Å². The van der Waals surface area contributed by atoms with Gasteiger partial charge in [-0.15, -0.1) is 0 Å². The number of hydrogen-bond acceptors (Lipinski definition) is 5. The van der Waals surface area contributed by atoms with E-state index >= 15 is 0 Å². The van der Waals surface area contributed by atoms with E-state index in [0.717, 1.165) is 6.29 Å². The fraction of sp³-hybridized carbons (Fsp3) is 0.182. The summed E-state index contributed by atoms with van der Waals surface area (Å²) in [5, 5.41) is 3.65. The average Bonchev–Trinajstić information content (AvgIpc) is 2.73. The number of aryl methyl sites for hydroxylation is 1. The van der Waals surface area contributed by atoms with Gasteiger partial charge in [0.05, 0.1) is 4.47 Å². The average molecular weight is 297 g/mol. The Labute approximate surface area is 106 Å². The molecule has 0 saturated heterocycles. The zero-order valence-corrected chi connectivity index (χ0v) is 10.6. The van der Waals surface area contributed by atoms with Crippen molar-refractivity contribution in [3.8, 4) is 5.75 Å². The van der Waals surface area contributed by atoms with Crippen molar-refractivity contribution >= 4 is 22.2 Å². The number of aldehydes is 1. The number of hydrogen-bond donors (Lipinski definition) is 0. The Morgan fingerprint density at radius 1 is 1.53 bits per heavy atom. The lowest BCUT2D eigenvalue weighted by molar-refractivity contribution is 0.112. The van der Waals surface area contributed by atoms with Gasteiger partial charge >= 0.3 is 0 Å². The molecule has 2 aromatic rings. The summed E-state index contributed by atoms with van der Waals surface area (Å²) in [6, 6.07) is 5.06. The molecule has 0 aliphatic carbocycles. The van der Waals surface area contributed by atoms with E-state index in [1.54, 1.807) is 25.1 Å². The molecule has 0 amide bonds. The normalized spacial score (nSPS) is 10.2. The molecule has 0 N–H and O–H groups in total. The summed E-state index contributed by atoms with van der Waals surface area (Å²) in [6.45, 7) is 1.93. The Morgan fingerprint density at radius 3 is 2.94 bits per heavy atom.